The molecule has 5 heteroatoms. The summed E-state index contributed by atoms with van der Waals surface area (Å²) in [7, 11) is 0. The van der Waals surface area contributed by atoms with Gasteiger partial charge in [0.1, 0.15) is 0 Å². The van der Waals surface area contributed by atoms with Crippen LogP contribution >= 0.6 is 0 Å². The molecule has 0 saturated carbocycles. The lowest BCUT2D eigenvalue weighted by Crippen LogP contribution is -2.37. The van der Waals surface area contributed by atoms with Crippen LogP contribution < -0.4 is 11.3 Å². The molecule has 0 aliphatic rings. The van der Waals surface area contributed by atoms with Crippen molar-refractivity contribution in [3.63, 3.8) is 0 Å². The summed E-state index contributed by atoms with van der Waals surface area (Å²) in [5.41, 5.74) is 2.52. The molecule has 0 aliphatic heterocycles. The molecule has 104 valence electrons. The minimum absolute atomic E-state index is 0.0720. The Morgan fingerprint density at radius 3 is 2.24 bits per heavy atom. The van der Waals surface area contributed by atoms with Crippen molar-refractivity contribution < 1.29 is 13.2 Å². The van der Waals surface area contributed by atoms with Gasteiger partial charge >= 0.3 is 6.18 Å². The third-order valence-electron chi connectivity index (χ3n) is 3.17. The molecule has 0 amide bonds. The summed E-state index contributed by atoms with van der Waals surface area (Å²) in [6.45, 7) is 4.20. The van der Waals surface area contributed by atoms with Crippen LogP contribution in [0.2, 0.25) is 0 Å². The first-order valence-electron chi connectivity index (χ1n) is 6.45. The van der Waals surface area contributed by atoms with E-state index in [4.69, 9.17) is 5.84 Å². The Kier molecular flexibility index (Phi) is 8.60. The molecular formula is C12H25F3N2. The third kappa shape index (κ3) is 9.41. The topological polar surface area (TPSA) is 38.0 Å². The Bertz CT molecular complexity index is 183. The number of hydrogen-bond donors (Lipinski definition) is 2. The van der Waals surface area contributed by atoms with Crippen molar-refractivity contribution >= 4 is 0 Å². The van der Waals surface area contributed by atoms with Gasteiger partial charge < -0.3 is 0 Å². The van der Waals surface area contributed by atoms with Crippen molar-refractivity contribution in [1.29, 1.82) is 0 Å². The lowest BCUT2D eigenvalue weighted by molar-refractivity contribution is -0.136. The predicted molar refractivity (Wildman–Crippen MR) is 64.3 cm³/mol. The molecule has 3 N–H and O–H groups in total. The van der Waals surface area contributed by atoms with Gasteiger partial charge in [0.15, 0.2) is 0 Å². The maximum absolute atomic E-state index is 12.1. The van der Waals surface area contributed by atoms with Crippen molar-refractivity contribution in [2.24, 2.45) is 11.8 Å². The van der Waals surface area contributed by atoms with Crippen molar-refractivity contribution in [3.8, 4) is 0 Å². The molecule has 0 radical (unpaired) electrons. The molecule has 2 unspecified atom stereocenters. The standard InChI is InChI=1S/C12H25F3N2/c1-3-5-6-10(4-2)9-11(17-16)7-8-12(13,14)15/h10-11,17H,3-9,16H2,1-2H3. The van der Waals surface area contributed by atoms with Crippen LogP contribution in [0.3, 0.4) is 0 Å². The molecule has 0 spiro atoms. The van der Waals surface area contributed by atoms with E-state index in [0.717, 1.165) is 32.1 Å². The molecule has 0 fully saturated rings. The molecule has 0 rings (SSSR count). The summed E-state index contributed by atoms with van der Waals surface area (Å²) in [6.07, 6.45) is 0.314. The van der Waals surface area contributed by atoms with Crippen LogP contribution in [0.4, 0.5) is 13.2 Å². The molecule has 2 atom stereocenters. The first kappa shape index (κ1) is 16.7. The van der Waals surface area contributed by atoms with Crippen molar-refractivity contribution in [2.75, 3.05) is 0 Å². The van der Waals surface area contributed by atoms with Gasteiger partial charge in [-0.25, -0.2) is 0 Å². The van der Waals surface area contributed by atoms with Crippen LogP contribution in [-0.2, 0) is 0 Å². The summed E-state index contributed by atoms with van der Waals surface area (Å²) in [5.74, 6) is 5.79. The summed E-state index contributed by atoms with van der Waals surface area (Å²) >= 11 is 0. The summed E-state index contributed by atoms with van der Waals surface area (Å²) < 4.78 is 36.3. The molecule has 17 heavy (non-hydrogen) atoms. The molecule has 0 aromatic rings. The highest BCUT2D eigenvalue weighted by Crippen LogP contribution is 2.25. The van der Waals surface area contributed by atoms with E-state index < -0.39 is 12.6 Å². The fraction of sp³-hybridized carbons (Fsp3) is 1.00. The van der Waals surface area contributed by atoms with Crippen LogP contribution in [-0.4, -0.2) is 12.2 Å². The first-order chi connectivity index (χ1) is 7.92. The maximum Gasteiger partial charge on any atom is 0.389 e. The molecule has 0 aromatic carbocycles. The molecule has 0 aromatic heterocycles. The molecule has 0 aliphatic carbocycles. The van der Waals surface area contributed by atoms with Gasteiger partial charge in [-0.15, -0.1) is 0 Å². The fourth-order valence-electron chi connectivity index (χ4n) is 1.99. The van der Waals surface area contributed by atoms with E-state index in [1.54, 1.807) is 0 Å². The van der Waals surface area contributed by atoms with Crippen LogP contribution in [0.5, 0.6) is 0 Å². The zero-order chi connectivity index (χ0) is 13.3. The number of hydrogen-bond acceptors (Lipinski definition) is 2. The smallest absolute Gasteiger partial charge is 0.271 e. The quantitative estimate of drug-likeness (QED) is 0.485. The molecule has 2 nitrogen and oxygen atoms in total. The summed E-state index contributed by atoms with van der Waals surface area (Å²) in [6, 6.07) is -0.224. The second kappa shape index (κ2) is 8.75. The Balaban J connectivity index is 3.99. The second-order valence-corrected chi connectivity index (χ2v) is 4.67. The van der Waals surface area contributed by atoms with Gasteiger partial charge in [-0.1, -0.05) is 39.5 Å². The van der Waals surface area contributed by atoms with E-state index in [0.29, 0.717) is 5.92 Å². The number of unbranched alkanes of at least 4 members (excludes halogenated alkanes) is 1. The minimum Gasteiger partial charge on any atom is -0.271 e. The normalized spacial score (nSPS) is 15.9. The summed E-state index contributed by atoms with van der Waals surface area (Å²) in [4.78, 5) is 0. The molecule has 0 saturated heterocycles. The van der Waals surface area contributed by atoms with E-state index in [2.05, 4.69) is 19.3 Å². The molecule has 0 heterocycles. The largest absolute Gasteiger partial charge is 0.389 e. The Morgan fingerprint density at radius 1 is 1.18 bits per heavy atom. The lowest BCUT2D eigenvalue weighted by atomic mass is 9.90. The number of rotatable bonds is 9. The zero-order valence-electron chi connectivity index (χ0n) is 10.8. The Labute approximate surface area is 102 Å². The van der Waals surface area contributed by atoms with Gasteiger partial charge in [-0.2, -0.15) is 13.2 Å². The monoisotopic (exact) mass is 254 g/mol. The third-order valence-corrected chi connectivity index (χ3v) is 3.17. The molecule has 0 bridgehead atoms. The Morgan fingerprint density at radius 2 is 1.82 bits per heavy atom. The predicted octanol–water partition coefficient (Wildman–Crippen LogP) is 3.77. The van der Waals surface area contributed by atoms with Crippen LogP contribution in [0, 0.1) is 5.92 Å². The van der Waals surface area contributed by atoms with Crippen molar-refractivity contribution in [1.82, 2.24) is 5.43 Å². The second-order valence-electron chi connectivity index (χ2n) is 4.67. The highest BCUT2D eigenvalue weighted by molar-refractivity contribution is 4.71. The van der Waals surface area contributed by atoms with Gasteiger partial charge in [-0.05, 0) is 18.8 Å². The van der Waals surface area contributed by atoms with E-state index in [-0.39, 0.29) is 12.5 Å². The van der Waals surface area contributed by atoms with Crippen LogP contribution in [0.25, 0.3) is 0 Å². The van der Waals surface area contributed by atoms with Crippen LogP contribution in [0.1, 0.15) is 58.8 Å². The van der Waals surface area contributed by atoms with Gasteiger partial charge in [0.25, 0.3) is 0 Å². The van der Waals surface area contributed by atoms with Crippen molar-refractivity contribution in [2.45, 2.75) is 71.0 Å². The average molecular weight is 254 g/mol. The van der Waals surface area contributed by atoms with E-state index in [1.165, 1.54) is 0 Å². The number of nitrogens with two attached hydrogens (primary N) is 1. The van der Waals surface area contributed by atoms with Gasteiger partial charge in [-0.3, -0.25) is 11.3 Å². The first-order valence-corrected chi connectivity index (χ1v) is 6.45. The number of hydrazine groups is 1. The lowest BCUT2D eigenvalue weighted by Gasteiger charge is -2.22. The SMILES string of the molecule is CCCCC(CC)CC(CCC(F)(F)F)NN. The minimum atomic E-state index is -4.08. The maximum atomic E-state index is 12.1. The number of nitrogens with one attached hydrogen (secondary N) is 1. The fourth-order valence-corrected chi connectivity index (χ4v) is 1.99. The highest BCUT2D eigenvalue weighted by atomic mass is 19.4. The van der Waals surface area contributed by atoms with Crippen LogP contribution in [0.15, 0.2) is 0 Å². The average Bonchev–Trinajstić information content (AvgIpc) is 2.27. The summed E-state index contributed by atoms with van der Waals surface area (Å²) in [5, 5.41) is 0. The van der Waals surface area contributed by atoms with E-state index >= 15 is 0 Å². The van der Waals surface area contributed by atoms with E-state index in [9.17, 15) is 13.2 Å². The van der Waals surface area contributed by atoms with Gasteiger partial charge in [0, 0.05) is 12.5 Å². The number of halogens is 3. The van der Waals surface area contributed by atoms with Gasteiger partial charge in [0.05, 0.1) is 0 Å². The Hall–Kier alpha value is -0.290. The zero-order valence-corrected chi connectivity index (χ0v) is 10.8. The van der Waals surface area contributed by atoms with Crippen molar-refractivity contribution in [3.05, 3.63) is 0 Å². The highest BCUT2D eigenvalue weighted by Gasteiger charge is 2.28. The van der Waals surface area contributed by atoms with Gasteiger partial charge in [0.2, 0.25) is 0 Å². The number of alkyl halides is 3. The van der Waals surface area contributed by atoms with E-state index in [1.807, 2.05) is 0 Å². The molecular weight excluding hydrogens is 229 g/mol.